The molecule has 1 aliphatic rings. The summed E-state index contributed by atoms with van der Waals surface area (Å²) in [6.07, 6.45) is 9.70. The number of rotatable bonds is 6. The molecule has 0 N–H and O–H groups in total. The fourth-order valence-electron chi connectivity index (χ4n) is 2.58. The minimum absolute atomic E-state index is 0.0114. The molecule has 118 valence electrons. The Morgan fingerprint density at radius 3 is 2.65 bits per heavy atom. The fourth-order valence-corrected chi connectivity index (χ4v) is 2.58. The molecule has 1 amide bonds. The van der Waals surface area contributed by atoms with E-state index in [2.05, 4.69) is 13.2 Å². The number of anilines is 1. The Morgan fingerprint density at radius 2 is 1.96 bits per heavy atom. The van der Waals surface area contributed by atoms with Crippen molar-refractivity contribution in [3.8, 4) is 0 Å². The molecule has 3 nitrogen and oxygen atoms in total. The molecule has 0 aliphatic carbocycles. The van der Waals surface area contributed by atoms with Crippen molar-refractivity contribution >= 4 is 24.0 Å². The summed E-state index contributed by atoms with van der Waals surface area (Å²) in [5.74, 6) is 0.0114. The first-order chi connectivity index (χ1) is 11.2. The SMILES string of the molecule is C=CC1=C(\C=C)CN(C(=O)CCCC=O)c2ccccc2/C=C\1. The van der Waals surface area contributed by atoms with Crippen molar-refractivity contribution in [1.29, 1.82) is 0 Å². The minimum Gasteiger partial charge on any atom is -0.307 e. The molecule has 0 unspecified atom stereocenters. The first-order valence-corrected chi connectivity index (χ1v) is 7.70. The Kier molecular flexibility index (Phi) is 5.87. The molecule has 1 aliphatic heterocycles. The summed E-state index contributed by atoms with van der Waals surface area (Å²) in [5.41, 5.74) is 3.77. The third kappa shape index (κ3) is 3.95. The van der Waals surface area contributed by atoms with Gasteiger partial charge < -0.3 is 9.69 Å². The van der Waals surface area contributed by atoms with Crippen LogP contribution in [0.3, 0.4) is 0 Å². The number of benzene rings is 1. The minimum atomic E-state index is 0.0114. The summed E-state index contributed by atoms with van der Waals surface area (Å²) >= 11 is 0. The zero-order chi connectivity index (χ0) is 16.7. The van der Waals surface area contributed by atoms with Crippen molar-refractivity contribution < 1.29 is 9.59 Å². The number of para-hydroxylation sites is 1. The number of unbranched alkanes of at least 4 members (excludes halogenated alkanes) is 1. The molecule has 2 rings (SSSR count). The van der Waals surface area contributed by atoms with Gasteiger partial charge in [0.25, 0.3) is 0 Å². The summed E-state index contributed by atoms with van der Waals surface area (Å²) in [6.45, 7) is 8.15. The second-order valence-electron chi connectivity index (χ2n) is 5.32. The summed E-state index contributed by atoms with van der Waals surface area (Å²) in [6, 6.07) is 7.80. The number of carbonyl (C=O) groups excluding carboxylic acids is 2. The maximum Gasteiger partial charge on any atom is 0.227 e. The lowest BCUT2D eigenvalue weighted by molar-refractivity contribution is -0.118. The molecule has 0 saturated heterocycles. The van der Waals surface area contributed by atoms with Crippen LogP contribution in [-0.2, 0) is 9.59 Å². The third-order valence-corrected chi connectivity index (χ3v) is 3.85. The van der Waals surface area contributed by atoms with Crippen LogP contribution in [0.5, 0.6) is 0 Å². The quantitative estimate of drug-likeness (QED) is 0.586. The monoisotopic (exact) mass is 307 g/mol. The zero-order valence-electron chi connectivity index (χ0n) is 13.2. The average molecular weight is 307 g/mol. The lowest BCUT2D eigenvalue weighted by Gasteiger charge is -2.27. The highest BCUT2D eigenvalue weighted by Crippen LogP contribution is 2.28. The molecule has 1 aromatic carbocycles. The largest absolute Gasteiger partial charge is 0.307 e. The first-order valence-electron chi connectivity index (χ1n) is 7.70. The van der Waals surface area contributed by atoms with Gasteiger partial charge in [-0.3, -0.25) is 4.79 Å². The van der Waals surface area contributed by atoms with Crippen LogP contribution in [0.4, 0.5) is 5.69 Å². The van der Waals surface area contributed by atoms with Gasteiger partial charge in [0.15, 0.2) is 0 Å². The Balaban J connectivity index is 2.43. The second-order valence-corrected chi connectivity index (χ2v) is 5.32. The number of amides is 1. The van der Waals surface area contributed by atoms with Crippen molar-refractivity contribution in [3.05, 3.63) is 72.4 Å². The Hall–Kier alpha value is -2.68. The van der Waals surface area contributed by atoms with Crippen molar-refractivity contribution in [3.63, 3.8) is 0 Å². The molecular weight excluding hydrogens is 286 g/mol. The maximum atomic E-state index is 12.7. The normalized spacial score (nSPS) is 18.3. The summed E-state index contributed by atoms with van der Waals surface area (Å²) in [5, 5.41) is 0. The van der Waals surface area contributed by atoms with Crippen molar-refractivity contribution in [2.45, 2.75) is 19.3 Å². The van der Waals surface area contributed by atoms with E-state index in [9.17, 15) is 9.59 Å². The van der Waals surface area contributed by atoms with E-state index >= 15 is 0 Å². The molecule has 0 saturated carbocycles. The number of hydrogen-bond donors (Lipinski definition) is 0. The van der Waals surface area contributed by atoms with Crippen molar-refractivity contribution in [2.24, 2.45) is 0 Å². The van der Waals surface area contributed by atoms with Gasteiger partial charge in [-0.25, -0.2) is 0 Å². The van der Waals surface area contributed by atoms with Crippen LogP contribution in [-0.4, -0.2) is 18.7 Å². The van der Waals surface area contributed by atoms with Gasteiger partial charge in [-0.2, -0.15) is 0 Å². The standard InChI is InChI=1S/C20H21NO2/c1-3-16-12-13-18-9-5-6-10-19(18)21(15-17(16)4-2)20(23)11-7-8-14-22/h3-6,9-10,12-14H,1-2,7-8,11,15H2/b13-12-,17-16-. The summed E-state index contributed by atoms with van der Waals surface area (Å²) < 4.78 is 0. The molecule has 0 atom stereocenters. The topological polar surface area (TPSA) is 37.4 Å². The molecule has 0 aromatic heterocycles. The molecule has 1 aromatic rings. The molecule has 0 bridgehead atoms. The van der Waals surface area contributed by atoms with Crippen LogP contribution in [0, 0.1) is 0 Å². The third-order valence-electron chi connectivity index (χ3n) is 3.85. The molecule has 3 heteroatoms. The molecule has 1 heterocycles. The van der Waals surface area contributed by atoms with Crippen LogP contribution in [0.15, 0.2) is 66.8 Å². The van der Waals surface area contributed by atoms with E-state index in [0.717, 1.165) is 28.7 Å². The van der Waals surface area contributed by atoms with E-state index < -0.39 is 0 Å². The van der Waals surface area contributed by atoms with Gasteiger partial charge in [0.1, 0.15) is 6.29 Å². The number of fused-ring (bicyclic) bond motifs is 1. The highest BCUT2D eigenvalue weighted by atomic mass is 16.2. The molecular formula is C20H21NO2. The van der Waals surface area contributed by atoms with E-state index in [-0.39, 0.29) is 5.91 Å². The van der Waals surface area contributed by atoms with Gasteiger partial charge in [0.2, 0.25) is 5.91 Å². The van der Waals surface area contributed by atoms with Gasteiger partial charge in [-0.05, 0) is 29.2 Å². The number of nitrogens with zero attached hydrogens (tertiary/aromatic N) is 1. The molecule has 0 spiro atoms. The molecule has 23 heavy (non-hydrogen) atoms. The predicted octanol–water partition coefficient (Wildman–Crippen LogP) is 4.08. The highest BCUT2D eigenvalue weighted by molar-refractivity contribution is 5.96. The molecule has 0 radical (unpaired) electrons. The van der Waals surface area contributed by atoms with E-state index in [1.807, 2.05) is 36.4 Å². The first kappa shape index (κ1) is 16.7. The molecule has 0 fully saturated rings. The van der Waals surface area contributed by atoms with Crippen LogP contribution in [0.25, 0.3) is 6.08 Å². The van der Waals surface area contributed by atoms with Gasteiger partial charge >= 0.3 is 0 Å². The summed E-state index contributed by atoms with van der Waals surface area (Å²) in [4.78, 5) is 24.9. The van der Waals surface area contributed by atoms with Crippen LogP contribution >= 0.6 is 0 Å². The van der Waals surface area contributed by atoms with Crippen LogP contribution in [0.1, 0.15) is 24.8 Å². The lowest BCUT2D eigenvalue weighted by Crippen LogP contribution is -2.33. The number of hydrogen-bond acceptors (Lipinski definition) is 2. The highest BCUT2D eigenvalue weighted by Gasteiger charge is 2.20. The van der Waals surface area contributed by atoms with Gasteiger partial charge in [0, 0.05) is 12.8 Å². The van der Waals surface area contributed by atoms with E-state index in [1.54, 1.807) is 17.1 Å². The van der Waals surface area contributed by atoms with Gasteiger partial charge in [-0.15, -0.1) is 0 Å². The smallest absolute Gasteiger partial charge is 0.227 e. The fraction of sp³-hybridized carbons (Fsp3) is 0.200. The number of aldehydes is 1. The average Bonchev–Trinajstić information content (AvgIpc) is 2.56. The van der Waals surface area contributed by atoms with Crippen LogP contribution in [0.2, 0.25) is 0 Å². The lowest BCUT2D eigenvalue weighted by atomic mass is 10.0. The summed E-state index contributed by atoms with van der Waals surface area (Å²) in [7, 11) is 0. The van der Waals surface area contributed by atoms with Gasteiger partial charge in [-0.1, -0.05) is 55.7 Å². The Morgan fingerprint density at radius 1 is 1.17 bits per heavy atom. The van der Waals surface area contributed by atoms with Gasteiger partial charge in [0.05, 0.1) is 12.2 Å². The number of carbonyl (C=O) groups is 2. The Bertz CT molecular complexity index is 683. The number of allylic oxidation sites excluding steroid dienone is 3. The Labute approximate surface area is 137 Å². The second kappa shape index (κ2) is 8.08. The van der Waals surface area contributed by atoms with Crippen molar-refractivity contribution in [1.82, 2.24) is 0 Å². The zero-order valence-corrected chi connectivity index (χ0v) is 13.2. The maximum absolute atomic E-state index is 12.7. The van der Waals surface area contributed by atoms with Crippen LogP contribution < -0.4 is 4.90 Å². The van der Waals surface area contributed by atoms with E-state index in [0.29, 0.717) is 25.8 Å². The predicted molar refractivity (Wildman–Crippen MR) is 95.2 cm³/mol. The van der Waals surface area contributed by atoms with Crippen molar-refractivity contribution in [2.75, 3.05) is 11.4 Å². The van der Waals surface area contributed by atoms with E-state index in [1.165, 1.54) is 0 Å². The van der Waals surface area contributed by atoms with E-state index in [4.69, 9.17) is 0 Å².